The van der Waals surface area contributed by atoms with E-state index in [1.165, 1.54) is 18.4 Å². The zero-order valence-electron chi connectivity index (χ0n) is 20.0. The third-order valence-corrected chi connectivity index (χ3v) is 6.57. The second-order valence-corrected chi connectivity index (χ2v) is 9.26. The van der Waals surface area contributed by atoms with E-state index in [-0.39, 0.29) is 17.9 Å². The summed E-state index contributed by atoms with van der Waals surface area (Å²) in [6.45, 7) is 7.43. The van der Waals surface area contributed by atoms with E-state index in [1.54, 1.807) is 18.2 Å². The minimum absolute atomic E-state index is 0.145. The first kappa shape index (κ1) is 23.7. The maximum absolute atomic E-state index is 13.0. The summed E-state index contributed by atoms with van der Waals surface area (Å²) in [5.74, 6) is 0.363. The van der Waals surface area contributed by atoms with Crippen molar-refractivity contribution in [2.24, 2.45) is 5.92 Å². The number of piperidine rings is 1. The lowest BCUT2D eigenvalue weighted by Crippen LogP contribution is -2.32. The van der Waals surface area contributed by atoms with E-state index >= 15 is 0 Å². The Bertz CT molecular complexity index is 1100. The van der Waals surface area contributed by atoms with E-state index < -0.39 is 0 Å². The van der Waals surface area contributed by atoms with Crippen LogP contribution in [0, 0.1) is 5.92 Å². The van der Waals surface area contributed by atoms with Crippen LogP contribution in [0.15, 0.2) is 78.9 Å². The number of likely N-dealkylation sites (tertiary alicyclic amines) is 1. The first-order valence-electron chi connectivity index (χ1n) is 12.1. The molecule has 1 unspecified atom stereocenters. The number of carbonyl (C=O) groups is 2. The molecule has 3 aromatic carbocycles. The third kappa shape index (κ3) is 6.12. The normalized spacial score (nSPS) is 15.5. The van der Waals surface area contributed by atoms with Gasteiger partial charge >= 0.3 is 0 Å². The first-order valence-corrected chi connectivity index (χ1v) is 12.1. The monoisotopic (exact) mass is 455 g/mol. The molecule has 1 heterocycles. The highest BCUT2D eigenvalue weighted by Crippen LogP contribution is 2.20. The number of amides is 2. The number of hydrogen-bond acceptors (Lipinski definition) is 3. The van der Waals surface area contributed by atoms with Crippen LogP contribution in [0.2, 0.25) is 0 Å². The highest BCUT2D eigenvalue weighted by Gasteiger charge is 2.18. The molecule has 34 heavy (non-hydrogen) atoms. The predicted molar refractivity (Wildman–Crippen MR) is 137 cm³/mol. The Hall–Kier alpha value is -3.44. The molecule has 0 bridgehead atoms. The second kappa shape index (κ2) is 11.1. The van der Waals surface area contributed by atoms with Gasteiger partial charge in [-0.05, 0) is 74.2 Å². The van der Waals surface area contributed by atoms with Crippen LogP contribution in [-0.4, -0.2) is 29.8 Å². The second-order valence-electron chi connectivity index (χ2n) is 9.26. The molecule has 0 aromatic heterocycles. The van der Waals surface area contributed by atoms with Gasteiger partial charge in [-0.1, -0.05) is 61.5 Å². The van der Waals surface area contributed by atoms with E-state index in [0.717, 1.165) is 31.1 Å². The summed E-state index contributed by atoms with van der Waals surface area (Å²) in [5.41, 5.74) is 3.74. The minimum atomic E-state index is -0.227. The Morgan fingerprint density at radius 2 is 1.53 bits per heavy atom. The van der Waals surface area contributed by atoms with Crippen LogP contribution < -0.4 is 10.6 Å². The van der Waals surface area contributed by atoms with Crippen molar-refractivity contribution < 1.29 is 9.59 Å². The molecule has 1 saturated heterocycles. The van der Waals surface area contributed by atoms with Crippen LogP contribution in [-0.2, 0) is 6.54 Å². The Kier molecular flexibility index (Phi) is 7.76. The molecule has 5 nitrogen and oxygen atoms in total. The first-order chi connectivity index (χ1) is 16.5. The Labute approximate surface area is 202 Å². The van der Waals surface area contributed by atoms with Gasteiger partial charge in [0.2, 0.25) is 0 Å². The topological polar surface area (TPSA) is 61.4 Å². The van der Waals surface area contributed by atoms with Gasteiger partial charge in [0, 0.05) is 12.1 Å². The summed E-state index contributed by atoms with van der Waals surface area (Å²) in [6, 6.07) is 24.5. The summed E-state index contributed by atoms with van der Waals surface area (Å²) in [6.07, 6.45) is 2.50. The van der Waals surface area contributed by atoms with Crippen molar-refractivity contribution in [1.82, 2.24) is 10.2 Å². The van der Waals surface area contributed by atoms with Gasteiger partial charge in [-0.15, -0.1) is 0 Å². The van der Waals surface area contributed by atoms with E-state index in [1.807, 2.05) is 67.6 Å². The van der Waals surface area contributed by atoms with E-state index in [9.17, 15) is 9.59 Å². The van der Waals surface area contributed by atoms with Gasteiger partial charge in [-0.2, -0.15) is 0 Å². The number of anilines is 1. The molecule has 3 aromatic rings. The average molecular weight is 456 g/mol. The Morgan fingerprint density at radius 3 is 2.24 bits per heavy atom. The van der Waals surface area contributed by atoms with Crippen molar-refractivity contribution in [3.63, 3.8) is 0 Å². The quantitative estimate of drug-likeness (QED) is 0.483. The van der Waals surface area contributed by atoms with Gasteiger partial charge in [-0.3, -0.25) is 14.5 Å². The van der Waals surface area contributed by atoms with E-state index in [4.69, 9.17) is 0 Å². The molecule has 5 heteroatoms. The molecule has 0 aliphatic carbocycles. The molecule has 2 amide bonds. The molecular weight excluding hydrogens is 422 g/mol. The smallest absolute Gasteiger partial charge is 0.255 e. The average Bonchev–Trinajstić information content (AvgIpc) is 2.86. The zero-order valence-corrected chi connectivity index (χ0v) is 20.0. The van der Waals surface area contributed by atoms with Gasteiger partial charge in [0.1, 0.15) is 0 Å². The maximum atomic E-state index is 13.0. The van der Waals surface area contributed by atoms with Crippen LogP contribution in [0.3, 0.4) is 0 Å². The molecular formula is C29H33N3O2. The van der Waals surface area contributed by atoms with Crippen molar-refractivity contribution in [3.05, 3.63) is 101 Å². The lowest BCUT2D eigenvalue weighted by Gasteiger charge is -2.30. The number of hydrogen-bond donors (Lipinski definition) is 2. The van der Waals surface area contributed by atoms with Crippen LogP contribution in [0.5, 0.6) is 0 Å². The van der Waals surface area contributed by atoms with Crippen LogP contribution in [0.1, 0.15) is 64.6 Å². The van der Waals surface area contributed by atoms with Gasteiger partial charge in [0.25, 0.3) is 11.8 Å². The van der Waals surface area contributed by atoms with Crippen molar-refractivity contribution >= 4 is 17.5 Å². The summed E-state index contributed by atoms with van der Waals surface area (Å²) >= 11 is 0. The number of carbonyl (C=O) groups excluding carboxylic acids is 2. The molecule has 0 saturated carbocycles. The van der Waals surface area contributed by atoms with Crippen molar-refractivity contribution in [3.8, 4) is 0 Å². The number of para-hydroxylation sites is 1. The zero-order chi connectivity index (χ0) is 23.9. The molecule has 1 atom stereocenters. The summed E-state index contributed by atoms with van der Waals surface area (Å²) in [7, 11) is 0. The molecule has 176 valence electrons. The fraction of sp³-hybridized carbons (Fsp3) is 0.310. The highest BCUT2D eigenvalue weighted by atomic mass is 16.2. The summed E-state index contributed by atoms with van der Waals surface area (Å²) < 4.78 is 0. The minimum Gasteiger partial charge on any atom is -0.345 e. The summed E-state index contributed by atoms with van der Waals surface area (Å²) in [5, 5.41) is 5.94. The number of nitrogens with one attached hydrogen (secondary N) is 2. The standard InChI is InChI=1S/C29H33N3O2/c1-21-16-18-32(19-17-21)20-23-12-14-25(15-13-23)28(33)31-27-11-7-6-10-26(27)29(34)30-22(2)24-8-4-3-5-9-24/h3-15,21-22H,16-20H2,1-2H3,(H,30,34)(H,31,33). The van der Waals surface area contributed by atoms with Crippen LogP contribution >= 0.6 is 0 Å². The molecule has 1 aliphatic heterocycles. The van der Waals surface area contributed by atoms with Gasteiger partial charge in [0.15, 0.2) is 0 Å². The number of rotatable bonds is 7. The number of benzene rings is 3. The van der Waals surface area contributed by atoms with Crippen molar-refractivity contribution in [2.75, 3.05) is 18.4 Å². The highest BCUT2D eigenvalue weighted by molar-refractivity contribution is 6.09. The molecule has 1 aliphatic rings. The van der Waals surface area contributed by atoms with Gasteiger partial charge in [-0.25, -0.2) is 0 Å². The van der Waals surface area contributed by atoms with Crippen molar-refractivity contribution in [2.45, 2.75) is 39.3 Å². The third-order valence-electron chi connectivity index (χ3n) is 6.57. The lowest BCUT2D eigenvalue weighted by molar-refractivity contribution is 0.0940. The fourth-order valence-electron chi connectivity index (χ4n) is 4.32. The Morgan fingerprint density at radius 1 is 0.882 bits per heavy atom. The van der Waals surface area contributed by atoms with Crippen molar-refractivity contribution in [1.29, 1.82) is 0 Å². The molecule has 0 spiro atoms. The lowest BCUT2D eigenvalue weighted by atomic mass is 9.99. The Balaban J connectivity index is 1.39. The van der Waals surface area contributed by atoms with Crippen LogP contribution in [0.4, 0.5) is 5.69 Å². The molecule has 0 radical (unpaired) electrons. The van der Waals surface area contributed by atoms with E-state index in [0.29, 0.717) is 16.8 Å². The van der Waals surface area contributed by atoms with Crippen LogP contribution in [0.25, 0.3) is 0 Å². The SMILES string of the molecule is CC1CCN(Cc2ccc(C(=O)Nc3ccccc3C(=O)NC(C)c3ccccc3)cc2)CC1. The van der Waals surface area contributed by atoms with E-state index in [2.05, 4.69) is 22.5 Å². The predicted octanol–water partition coefficient (Wildman–Crippen LogP) is 5.66. The van der Waals surface area contributed by atoms with Gasteiger partial charge < -0.3 is 10.6 Å². The number of nitrogens with zero attached hydrogens (tertiary/aromatic N) is 1. The molecule has 4 rings (SSSR count). The largest absolute Gasteiger partial charge is 0.345 e. The fourth-order valence-corrected chi connectivity index (χ4v) is 4.32. The molecule has 2 N–H and O–H groups in total. The maximum Gasteiger partial charge on any atom is 0.255 e. The van der Waals surface area contributed by atoms with Gasteiger partial charge in [0.05, 0.1) is 17.3 Å². The molecule has 1 fully saturated rings. The summed E-state index contributed by atoms with van der Waals surface area (Å²) in [4.78, 5) is 28.3.